The van der Waals surface area contributed by atoms with Gasteiger partial charge < -0.3 is 9.47 Å². The summed E-state index contributed by atoms with van der Waals surface area (Å²) in [6.45, 7) is 5.70. The van der Waals surface area contributed by atoms with Crippen LogP contribution in [0.5, 0.6) is 0 Å². The Hall–Kier alpha value is -2.24. The summed E-state index contributed by atoms with van der Waals surface area (Å²) in [6, 6.07) is 9.43. The highest BCUT2D eigenvalue weighted by Crippen LogP contribution is 2.08. The first-order valence-electron chi connectivity index (χ1n) is 7.01. The van der Waals surface area contributed by atoms with Crippen molar-refractivity contribution in [3.8, 4) is 0 Å². The number of ether oxygens (including phenoxy) is 2. The molecule has 1 N–H and O–H groups in total. The van der Waals surface area contributed by atoms with Crippen LogP contribution in [0, 0.1) is 0 Å². The SMILES string of the molecule is CCOC(=O)NN(C(=O)OCC)C(C)Cc1ccccc1. The Balaban J connectivity index is 2.74. The molecule has 0 bridgehead atoms. The molecule has 0 saturated heterocycles. The van der Waals surface area contributed by atoms with Gasteiger partial charge in [0.15, 0.2) is 0 Å². The Kier molecular flexibility index (Phi) is 7.08. The van der Waals surface area contributed by atoms with Crippen molar-refractivity contribution >= 4 is 12.2 Å². The van der Waals surface area contributed by atoms with Crippen molar-refractivity contribution in [3.05, 3.63) is 35.9 Å². The van der Waals surface area contributed by atoms with Gasteiger partial charge in [-0.15, -0.1) is 0 Å². The normalized spacial score (nSPS) is 11.4. The summed E-state index contributed by atoms with van der Waals surface area (Å²) in [5, 5.41) is 1.16. The second-order valence-electron chi connectivity index (χ2n) is 4.44. The van der Waals surface area contributed by atoms with E-state index in [9.17, 15) is 9.59 Å². The molecule has 21 heavy (non-hydrogen) atoms. The van der Waals surface area contributed by atoms with Crippen LogP contribution < -0.4 is 5.43 Å². The Bertz CT molecular complexity index is 450. The van der Waals surface area contributed by atoms with Crippen molar-refractivity contribution in [3.63, 3.8) is 0 Å². The zero-order valence-corrected chi connectivity index (χ0v) is 12.7. The minimum Gasteiger partial charge on any atom is -0.449 e. The van der Waals surface area contributed by atoms with E-state index in [1.807, 2.05) is 37.3 Å². The van der Waals surface area contributed by atoms with E-state index in [0.717, 1.165) is 10.6 Å². The molecule has 0 saturated carbocycles. The van der Waals surface area contributed by atoms with Gasteiger partial charge in [-0.25, -0.2) is 20.0 Å². The summed E-state index contributed by atoms with van der Waals surface area (Å²) in [6.07, 6.45) is -0.689. The molecule has 0 radical (unpaired) electrons. The molecular formula is C15H22N2O4. The quantitative estimate of drug-likeness (QED) is 0.848. The van der Waals surface area contributed by atoms with Gasteiger partial charge in [0.1, 0.15) is 0 Å². The van der Waals surface area contributed by atoms with Gasteiger partial charge in [-0.3, -0.25) is 0 Å². The minimum absolute atomic E-state index is 0.232. The Labute approximate surface area is 125 Å². The van der Waals surface area contributed by atoms with Gasteiger partial charge in [-0.1, -0.05) is 30.3 Å². The number of nitrogens with one attached hydrogen (secondary N) is 1. The second kappa shape index (κ2) is 8.84. The fourth-order valence-corrected chi connectivity index (χ4v) is 1.84. The predicted molar refractivity (Wildman–Crippen MR) is 78.6 cm³/mol. The van der Waals surface area contributed by atoms with Crippen LogP contribution >= 0.6 is 0 Å². The molecule has 0 aliphatic rings. The molecule has 1 rings (SSSR count). The first-order chi connectivity index (χ1) is 10.1. The highest BCUT2D eigenvalue weighted by molar-refractivity contribution is 5.74. The van der Waals surface area contributed by atoms with Crippen LogP contribution in [0.15, 0.2) is 30.3 Å². The van der Waals surface area contributed by atoms with E-state index >= 15 is 0 Å². The zero-order chi connectivity index (χ0) is 15.7. The Morgan fingerprint density at radius 3 is 2.33 bits per heavy atom. The third-order valence-electron chi connectivity index (χ3n) is 2.77. The summed E-state index contributed by atoms with van der Waals surface area (Å²) < 4.78 is 9.76. The molecule has 0 heterocycles. The van der Waals surface area contributed by atoms with Gasteiger partial charge in [-0.05, 0) is 32.8 Å². The lowest BCUT2D eigenvalue weighted by molar-refractivity contribution is 0.0584. The van der Waals surface area contributed by atoms with Crippen molar-refractivity contribution in [2.45, 2.75) is 33.2 Å². The summed E-state index contributed by atoms with van der Waals surface area (Å²) >= 11 is 0. The number of hydrazine groups is 1. The third-order valence-corrected chi connectivity index (χ3v) is 2.77. The molecule has 1 atom stereocenters. The molecule has 2 amide bonds. The van der Waals surface area contributed by atoms with Crippen molar-refractivity contribution in [1.82, 2.24) is 10.4 Å². The molecule has 1 aromatic rings. The first-order valence-corrected chi connectivity index (χ1v) is 7.01. The van der Waals surface area contributed by atoms with E-state index < -0.39 is 12.2 Å². The molecule has 0 aliphatic carbocycles. The lowest BCUT2D eigenvalue weighted by Crippen LogP contribution is -2.52. The molecular weight excluding hydrogens is 272 g/mol. The summed E-state index contributed by atoms with van der Waals surface area (Å²) in [4.78, 5) is 23.5. The highest BCUT2D eigenvalue weighted by atomic mass is 16.6. The van der Waals surface area contributed by atoms with Crippen LogP contribution in [-0.4, -0.2) is 36.5 Å². The van der Waals surface area contributed by atoms with Gasteiger partial charge in [0.05, 0.1) is 19.3 Å². The summed E-state index contributed by atoms with van der Waals surface area (Å²) in [7, 11) is 0. The largest absolute Gasteiger partial charge is 0.449 e. The number of hydrogen-bond donors (Lipinski definition) is 1. The average molecular weight is 294 g/mol. The molecule has 1 aromatic carbocycles. The summed E-state index contributed by atoms with van der Waals surface area (Å²) in [5.41, 5.74) is 3.48. The van der Waals surface area contributed by atoms with Gasteiger partial charge >= 0.3 is 12.2 Å². The predicted octanol–water partition coefficient (Wildman–Crippen LogP) is 2.74. The van der Waals surface area contributed by atoms with Crippen LogP contribution in [0.25, 0.3) is 0 Å². The van der Waals surface area contributed by atoms with Gasteiger partial charge in [0, 0.05) is 0 Å². The summed E-state index contributed by atoms with van der Waals surface area (Å²) in [5.74, 6) is 0. The van der Waals surface area contributed by atoms with E-state index in [2.05, 4.69) is 5.43 Å². The van der Waals surface area contributed by atoms with E-state index in [4.69, 9.17) is 9.47 Å². The van der Waals surface area contributed by atoms with Crippen molar-refractivity contribution in [1.29, 1.82) is 0 Å². The lowest BCUT2D eigenvalue weighted by Gasteiger charge is -2.28. The van der Waals surface area contributed by atoms with E-state index in [1.54, 1.807) is 13.8 Å². The minimum atomic E-state index is -0.675. The molecule has 0 aliphatic heterocycles. The van der Waals surface area contributed by atoms with Gasteiger partial charge in [-0.2, -0.15) is 0 Å². The van der Waals surface area contributed by atoms with Crippen molar-refractivity contribution in [2.75, 3.05) is 13.2 Å². The zero-order valence-electron chi connectivity index (χ0n) is 12.7. The maximum absolute atomic E-state index is 11.9. The molecule has 6 nitrogen and oxygen atoms in total. The van der Waals surface area contributed by atoms with Crippen LogP contribution in [0.1, 0.15) is 26.3 Å². The number of amides is 2. The number of benzene rings is 1. The van der Waals surface area contributed by atoms with Crippen LogP contribution in [0.2, 0.25) is 0 Å². The van der Waals surface area contributed by atoms with Crippen LogP contribution in [-0.2, 0) is 15.9 Å². The number of carbonyl (C=O) groups excluding carboxylic acids is 2. The standard InChI is InChI=1S/C15H22N2O4/c1-4-20-14(18)16-17(15(19)21-5-2)12(3)11-13-9-7-6-8-10-13/h6-10,12H,4-5,11H2,1-3H3,(H,16,18). The molecule has 116 valence electrons. The molecule has 6 heteroatoms. The van der Waals surface area contributed by atoms with Gasteiger partial charge in [0.25, 0.3) is 0 Å². The first kappa shape index (κ1) is 16.8. The Morgan fingerprint density at radius 2 is 1.76 bits per heavy atom. The lowest BCUT2D eigenvalue weighted by atomic mass is 10.1. The Morgan fingerprint density at radius 1 is 1.14 bits per heavy atom. The highest BCUT2D eigenvalue weighted by Gasteiger charge is 2.24. The second-order valence-corrected chi connectivity index (χ2v) is 4.44. The monoisotopic (exact) mass is 294 g/mol. The third kappa shape index (κ3) is 5.72. The molecule has 1 unspecified atom stereocenters. The number of carbonyl (C=O) groups is 2. The van der Waals surface area contributed by atoms with E-state index in [-0.39, 0.29) is 19.3 Å². The molecule has 0 spiro atoms. The van der Waals surface area contributed by atoms with E-state index in [1.165, 1.54) is 0 Å². The fraction of sp³-hybridized carbons (Fsp3) is 0.467. The molecule has 0 fully saturated rings. The van der Waals surface area contributed by atoms with Crippen molar-refractivity contribution in [2.24, 2.45) is 0 Å². The van der Waals surface area contributed by atoms with Crippen LogP contribution in [0.4, 0.5) is 9.59 Å². The number of nitrogens with zero attached hydrogens (tertiary/aromatic N) is 1. The van der Waals surface area contributed by atoms with Gasteiger partial charge in [0.2, 0.25) is 0 Å². The number of hydrogen-bond acceptors (Lipinski definition) is 4. The maximum Gasteiger partial charge on any atom is 0.429 e. The van der Waals surface area contributed by atoms with Crippen molar-refractivity contribution < 1.29 is 19.1 Å². The smallest absolute Gasteiger partial charge is 0.429 e. The van der Waals surface area contributed by atoms with E-state index in [0.29, 0.717) is 6.42 Å². The van der Waals surface area contributed by atoms with Crippen LogP contribution in [0.3, 0.4) is 0 Å². The topological polar surface area (TPSA) is 67.9 Å². The maximum atomic E-state index is 11.9. The fourth-order valence-electron chi connectivity index (χ4n) is 1.84. The molecule has 0 aromatic heterocycles. The average Bonchev–Trinajstić information content (AvgIpc) is 2.46. The number of rotatable bonds is 5.